The molecule has 1 saturated heterocycles. The Balaban J connectivity index is 1.43. The quantitative estimate of drug-likeness (QED) is 0.878. The lowest BCUT2D eigenvalue weighted by Gasteiger charge is -2.27. The first kappa shape index (κ1) is 12.6. The van der Waals surface area contributed by atoms with Crippen LogP contribution >= 0.6 is 0 Å². The molecule has 102 valence electrons. The van der Waals surface area contributed by atoms with Crippen molar-refractivity contribution in [3.8, 4) is 0 Å². The first-order valence-corrected chi connectivity index (χ1v) is 6.98. The molecular formula is C15H20N2O2. The van der Waals surface area contributed by atoms with E-state index in [1.807, 2.05) is 11.0 Å². The Morgan fingerprint density at radius 1 is 1.26 bits per heavy atom. The van der Waals surface area contributed by atoms with Crippen LogP contribution in [0.5, 0.6) is 0 Å². The molecule has 1 N–H and O–H groups in total. The normalized spacial score (nSPS) is 26.2. The maximum atomic E-state index is 12.0. The highest BCUT2D eigenvalue weighted by atomic mass is 16.5. The van der Waals surface area contributed by atoms with Gasteiger partial charge >= 0.3 is 0 Å². The Bertz CT molecular complexity index is 429. The summed E-state index contributed by atoms with van der Waals surface area (Å²) in [5.74, 6) is 0.778. The molecule has 1 aromatic carbocycles. The third kappa shape index (κ3) is 3.14. The van der Waals surface area contributed by atoms with E-state index in [-0.39, 0.29) is 5.91 Å². The Morgan fingerprint density at radius 3 is 2.74 bits per heavy atom. The fourth-order valence-electron chi connectivity index (χ4n) is 2.63. The maximum absolute atomic E-state index is 12.0. The number of nitrogens with zero attached hydrogens (tertiary/aromatic N) is 1. The van der Waals surface area contributed by atoms with Crippen molar-refractivity contribution in [2.45, 2.75) is 18.4 Å². The Kier molecular flexibility index (Phi) is 3.80. The molecule has 3 rings (SSSR count). The van der Waals surface area contributed by atoms with E-state index < -0.39 is 0 Å². The number of carbonyl (C=O) groups excluding carboxylic acids is 1. The molecule has 0 unspecified atom stereocenters. The zero-order valence-corrected chi connectivity index (χ0v) is 11.0. The van der Waals surface area contributed by atoms with E-state index in [9.17, 15) is 4.79 Å². The van der Waals surface area contributed by atoms with Crippen LogP contribution in [-0.4, -0.2) is 49.7 Å². The van der Waals surface area contributed by atoms with Crippen LogP contribution in [0, 0.1) is 0 Å². The van der Waals surface area contributed by atoms with Gasteiger partial charge in [0.15, 0.2) is 0 Å². The van der Waals surface area contributed by atoms with Crippen LogP contribution < -0.4 is 5.32 Å². The Morgan fingerprint density at radius 2 is 2.00 bits per heavy atom. The van der Waals surface area contributed by atoms with Crippen molar-refractivity contribution in [3.63, 3.8) is 0 Å². The van der Waals surface area contributed by atoms with Crippen LogP contribution in [0.25, 0.3) is 0 Å². The van der Waals surface area contributed by atoms with Crippen molar-refractivity contribution in [1.82, 2.24) is 10.2 Å². The van der Waals surface area contributed by atoms with E-state index >= 15 is 0 Å². The molecule has 1 amide bonds. The van der Waals surface area contributed by atoms with E-state index in [4.69, 9.17) is 4.74 Å². The van der Waals surface area contributed by atoms with Crippen LogP contribution in [-0.2, 0) is 9.53 Å². The first-order chi connectivity index (χ1) is 9.34. The number of hydrogen-bond donors (Lipinski definition) is 1. The molecule has 0 spiro atoms. The maximum Gasteiger partial charge on any atom is 0.236 e. The number of benzene rings is 1. The van der Waals surface area contributed by atoms with Gasteiger partial charge in [0.1, 0.15) is 0 Å². The molecule has 0 bridgehead atoms. The average molecular weight is 260 g/mol. The lowest BCUT2D eigenvalue weighted by atomic mass is 10.1. The molecule has 4 heteroatoms. The van der Waals surface area contributed by atoms with Crippen LogP contribution in [0.3, 0.4) is 0 Å². The summed E-state index contributed by atoms with van der Waals surface area (Å²) in [5, 5.41) is 3.37. The second-order valence-corrected chi connectivity index (χ2v) is 5.23. The van der Waals surface area contributed by atoms with E-state index in [2.05, 4.69) is 29.6 Å². The van der Waals surface area contributed by atoms with E-state index in [1.165, 1.54) is 5.56 Å². The summed E-state index contributed by atoms with van der Waals surface area (Å²) in [4.78, 5) is 13.9. The Labute approximate surface area is 113 Å². The minimum absolute atomic E-state index is 0.196. The van der Waals surface area contributed by atoms with Crippen molar-refractivity contribution >= 4 is 5.91 Å². The smallest absolute Gasteiger partial charge is 0.236 e. The molecule has 4 nitrogen and oxygen atoms in total. The monoisotopic (exact) mass is 260 g/mol. The molecule has 0 aromatic heterocycles. The van der Waals surface area contributed by atoms with Crippen molar-refractivity contribution in [2.24, 2.45) is 0 Å². The van der Waals surface area contributed by atoms with Gasteiger partial charge in [0.05, 0.1) is 19.8 Å². The summed E-state index contributed by atoms with van der Waals surface area (Å²) in [6.45, 7) is 3.25. The van der Waals surface area contributed by atoms with Gasteiger partial charge in [0.2, 0.25) is 5.91 Å². The van der Waals surface area contributed by atoms with Crippen LogP contribution in [0.1, 0.15) is 17.9 Å². The third-order valence-electron chi connectivity index (χ3n) is 3.90. The number of nitrogens with one attached hydrogen (secondary N) is 1. The average Bonchev–Trinajstić information content (AvgIpc) is 3.26. The molecule has 1 aromatic rings. The van der Waals surface area contributed by atoms with E-state index in [0.717, 1.165) is 19.5 Å². The largest absolute Gasteiger partial charge is 0.378 e. The van der Waals surface area contributed by atoms with Gasteiger partial charge in [-0.15, -0.1) is 0 Å². The highest BCUT2D eigenvalue weighted by Gasteiger charge is 2.38. The SMILES string of the molecule is O=C(CN[C@@H]1C[C@H]1c1ccccc1)N1CCOCC1. The predicted molar refractivity (Wildman–Crippen MR) is 73.0 cm³/mol. The number of amides is 1. The highest BCUT2D eigenvalue weighted by Crippen LogP contribution is 2.40. The summed E-state index contributed by atoms with van der Waals surface area (Å²) in [6, 6.07) is 11.0. The summed E-state index contributed by atoms with van der Waals surface area (Å²) in [5.41, 5.74) is 1.37. The molecule has 0 radical (unpaired) electrons. The molecule has 1 heterocycles. The van der Waals surface area contributed by atoms with Gasteiger partial charge in [-0.05, 0) is 12.0 Å². The van der Waals surface area contributed by atoms with Gasteiger partial charge in [-0.3, -0.25) is 4.79 Å². The zero-order valence-electron chi connectivity index (χ0n) is 11.0. The van der Waals surface area contributed by atoms with E-state index in [1.54, 1.807) is 0 Å². The van der Waals surface area contributed by atoms with Crippen molar-refractivity contribution in [3.05, 3.63) is 35.9 Å². The highest BCUT2D eigenvalue weighted by molar-refractivity contribution is 5.78. The number of rotatable bonds is 4. The molecular weight excluding hydrogens is 240 g/mol. The second kappa shape index (κ2) is 5.72. The number of hydrogen-bond acceptors (Lipinski definition) is 3. The summed E-state index contributed by atoms with van der Waals surface area (Å²) >= 11 is 0. The fraction of sp³-hybridized carbons (Fsp3) is 0.533. The van der Waals surface area contributed by atoms with Gasteiger partial charge in [0, 0.05) is 25.0 Å². The number of carbonyl (C=O) groups is 1. The molecule has 1 aliphatic carbocycles. The Hall–Kier alpha value is -1.39. The van der Waals surface area contributed by atoms with Crippen molar-refractivity contribution in [1.29, 1.82) is 0 Å². The van der Waals surface area contributed by atoms with Gasteiger partial charge in [-0.2, -0.15) is 0 Å². The number of morpholine rings is 1. The topological polar surface area (TPSA) is 41.6 Å². The first-order valence-electron chi connectivity index (χ1n) is 6.98. The summed E-state index contributed by atoms with van der Waals surface area (Å²) in [6.07, 6.45) is 1.14. The number of ether oxygens (including phenoxy) is 1. The van der Waals surface area contributed by atoms with Crippen LogP contribution in [0.4, 0.5) is 0 Å². The third-order valence-corrected chi connectivity index (χ3v) is 3.90. The summed E-state index contributed by atoms with van der Waals surface area (Å²) in [7, 11) is 0. The lowest BCUT2D eigenvalue weighted by molar-refractivity contribution is -0.134. The molecule has 2 atom stereocenters. The molecule has 19 heavy (non-hydrogen) atoms. The fourth-order valence-corrected chi connectivity index (χ4v) is 2.63. The lowest BCUT2D eigenvalue weighted by Crippen LogP contribution is -2.45. The predicted octanol–water partition coefficient (Wildman–Crippen LogP) is 0.991. The zero-order chi connectivity index (χ0) is 13.1. The van der Waals surface area contributed by atoms with Crippen LogP contribution in [0.2, 0.25) is 0 Å². The second-order valence-electron chi connectivity index (χ2n) is 5.23. The van der Waals surface area contributed by atoms with Gasteiger partial charge in [-0.1, -0.05) is 30.3 Å². The van der Waals surface area contributed by atoms with Crippen molar-refractivity contribution in [2.75, 3.05) is 32.8 Å². The van der Waals surface area contributed by atoms with E-state index in [0.29, 0.717) is 31.7 Å². The molecule has 1 saturated carbocycles. The van der Waals surface area contributed by atoms with Gasteiger partial charge in [0.25, 0.3) is 0 Å². The summed E-state index contributed by atoms with van der Waals surface area (Å²) < 4.78 is 5.25. The molecule has 2 fully saturated rings. The van der Waals surface area contributed by atoms with Gasteiger partial charge < -0.3 is 15.0 Å². The van der Waals surface area contributed by atoms with Crippen LogP contribution in [0.15, 0.2) is 30.3 Å². The minimum Gasteiger partial charge on any atom is -0.378 e. The molecule has 2 aliphatic rings. The minimum atomic E-state index is 0.196. The van der Waals surface area contributed by atoms with Crippen molar-refractivity contribution < 1.29 is 9.53 Å². The van der Waals surface area contributed by atoms with Gasteiger partial charge in [-0.25, -0.2) is 0 Å². The standard InChI is InChI=1S/C15H20N2O2/c18-15(17-6-8-19-9-7-17)11-16-14-10-13(14)12-4-2-1-3-5-12/h1-5,13-14,16H,6-11H2/t13-,14+/m0/s1. The molecule has 1 aliphatic heterocycles.